The van der Waals surface area contributed by atoms with Gasteiger partial charge >= 0.3 is 0 Å². The normalized spacial score (nSPS) is 10.9. The standard InChI is InChI=1S/C12H14F2N4/c1-2-18-10(16-17-11(18)7-15)6-8-4-3-5-9(13)12(8)14/h3-5H,2,6-7,15H2,1H3. The Labute approximate surface area is 103 Å². The average molecular weight is 252 g/mol. The predicted octanol–water partition coefficient (Wildman–Crippen LogP) is 1.63. The van der Waals surface area contributed by atoms with Crippen molar-refractivity contribution in [3.8, 4) is 0 Å². The Kier molecular flexibility index (Phi) is 3.66. The SMILES string of the molecule is CCn1c(CN)nnc1Cc1cccc(F)c1F. The van der Waals surface area contributed by atoms with Gasteiger partial charge < -0.3 is 10.3 Å². The molecule has 2 N–H and O–H groups in total. The highest BCUT2D eigenvalue weighted by molar-refractivity contribution is 5.22. The molecular formula is C12H14F2N4. The fourth-order valence-corrected chi connectivity index (χ4v) is 1.87. The highest BCUT2D eigenvalue weighted by Gasteiger charge is 2.14. The number of aromatic nitrogens is 3. The predicted molar refractivity (Wildman–Crippen MR) is 62.8 cm³/mol. The first-order valence-electron chi connectivity index (χ1n) is 5.71. The number of nitrogens with two attached hydrogens (primary N) is 1. The number of halogens is 2. The Morgan fingerprint density at radius 1 is 1.22 bits per heavy atom. The van der Waals surface area contributed by atoms with Gasteiger partial charge in [0.05, 0.1) is 6.54 Å². The van der Waals surface area contributed by atoms with E-state index in [1.165, 1.54) is 12.1 Å². The fraction of sp³-hybridized carbons (Fsp3) is 0.333. The Bertz CT molecular complexity index is 551. The Morgan fingerprint density at radius 2 is 1.94 bits per heavy atom. The zero-order chi connectivity index (χ0) is 13.1. The van der Waals surface area contributed by atoms with Crippen molar-refractivity contribution in [2.24, 2.45) is 5.73 Å². The highest BCUT2D eigenvalue weighted by atomic mass is 19.2. The molecule has 0 fully saturated rings. The lowest BCUT2D eigenvalue weighted by molar-refractivity contribution is 0.499. The van der Waals surface area contributed by atoms with Crippen molar-refractivity contribution >= 4 is 0 Å². The molecule has 96 valence electrons. The van der Waals surface area contributed by atoms with E-state index in [9.17, 15) is 8.78 Å². The summed E-state index contributed by atoms with van der Waals surface area (Å²) in [6, 6.07) is 4.11. The molecule has 1 heterocycles. The van der Waals surface area contributed by atoms with Crippen LogP contribution in [0, 0.1) is 11.6 Å². The molecule has 0 bridgehead atoms. The molecule has 6 heteroatoms. The molecule has 0 aliphatic rings. The summed E-state index contributed by atoms with van der Waals surface area (Å²) in [6.07, 6.45) is 0.199. The van der Waals surface area contributed by atoms with Crippen LogP contribution in [0.15, 0.2) is 18.2 Å². The number of hydrogen-bond acceptors (Lipinski definition) is 3. The van der Waals surface area contributed by atoms with Gasteiger partial charge in [-0.1, -0.05) is 12.1 Å². The molecule has 0 saturated heterocycles. The summed E-state index contributed by atoms with van der Waals surface area (Å²) in [5.41, 5.74) is 5.79. The maximum Gasteiger partial charge on any atom is 0.162 e. The van der Waals surface area contributed by atoms with Crippen molar-refractivity contribution in [3.05, 3.63) is 47.0 Å². The van der Waals surface area contributed by atoms with Crippen molar-refractivity contribution in [2.45, 2.75) is 26.4 Å². The van der Waals surface area contributed by atoms with Crippen LogP contribution >= 0.6 is 0 Å². The van der Waals surface area contributed by atoms with E-state index in [0.717, 1.165) is 6.07 Å². The molecule has 0 radical (unpaired) electrons. The van der Waals surface area contributed by atoms with E-state index >= 15 is 0 Å². The van der Waals surface area contributed by atoms with Gasteiger partial charge in [0.2, 0.25) is 0 Å². The van der Waals surface area contributed by atoms with Gasteiger partial charge in [-0.25, -0.2) is 8.78 Å². The maximum absolute atomic E-state index is 13.6. The smallest absolute Gasteiger partial charge is 0.162 e. The number of rotatable bonds is 4. The molecular weight excluding hydrogens is 238 g/mol. The van der Waals surface area contributed by atoms with Crippen LogP contribution in [-0.2, 0) is 19.5 Å². The monoisotopic (exact) mass is 252 g/mol. The first kappa shape index (κ1) is 12.6. The molecule has 0 amide bonds. The van der Waals surface area contributed by atoms with E-state index in [-0.39, 0.29) is 18.5 Å². The molecule has 18 heavy (non-hydrogen) atoms. The van der Waals surface area contributed by atoms with Gasteiger partial charge in [0.15, 0.2) is 11.6 Å². The number of nitrogens with zero attached hydrogens (tertiary/aromatic N) is 3. The Morgan fingerprint density at radius 3 is 2.61 bits per heavy atom. The Hall–Kier alpha value is -1.82. The molecule has 4 nitrogen and oxygen atoms in total. The van der Waals surface area contributed by atoms with E-state index in [2.05, 4.69) is 10.2 Å². The third kappa shape index (κ3) is 2.24. The average Bonchev–Trinajstić information content (AvgIpc) is 2.77. The molecule has 0 unspecified atom stereocenters. The quantitative estimate of drug-likeness (QED) is 0.899. The summed E-state index contributed by atoms with van der Waals surface area (Å²) in [6.45, 7) is 2.84. The first-order valence-corrected chi connectivity index (χ1v) is 5.71. The first-order chi connectivity index (χ1) is 8.67. The number of benzene rings is 1. The fourth-order valence-electron chi connectivity index (χ4n) is 1.87. The van der Waals surface area contributed by atoms with Crippen LogP contribution < -0.4 is 5.73 Å². The summed E-state index contributed by atoms with van der Waals surface area (Å²) in [5, 5.41) is 7.89. The third-order valence-corrected chi connectivity index (χ3v) is 2.78. The van der Waals surface area contributed by atoms with Crippen LogP contribution in [0.3, 0.4) is 0 Å². The lowest BCUT2D eigenvalue weighted by atomic mass is 10.1. The molecule has 2 aromatic rings. The minimum Gasteiger partial charge on any atom is -0.324 e. The number of hydrogen-bond donors (Lipinski definition) is 1. The summed E-state index contributed by atoms with van der Waals surface area (Å²) >= 11 is 0. The van der Waals surface area contributed by atoms with Gasteiger partial charge in [-0.3, -0.25) is 0 Å². The molecule has 1 aromatic carbocycles. The molecule has 2 rings (SSSR count). The van der Waals surface area contributed by atoms with E-state index in [1.54, 1.807) is 0 Å². The van der Waals surface area contributed by atoms with Crippen molar-refractivity contribution in [3.63, 3.8) is 0 Å². The molecule has 0 aliphatic carbocycles. The Balaban J connectivity index is 2.34. The maximum atomic E-state index is 13.6. The van der Waals surface area contributed by atoms with Crippen molar-refractivity contribution in [1.82, 2.24) is 14.8 Å². The second kappa shape index (κ2) is 5.22. The minimum atomic E-state index is -0.853. The lowest BCUT2D eigenvalue weighted by Gasteiger charge is -2.07. The zero-order valence-corrected chi connectivity index (χ0v) is 10.0. The van der Waals surface area contributed by atoms with Gasteiger partial charge in [-0.15, -0.1) is 10.2 Å². The van der Waals surface area contributed by atoms with Gasteiger partial charge in [0.1, 0.15) is 11.6 Å². The lowest BCUT2D eigenvalue weighted by Crippen LogP contribution is -2.10. The van der Waals surface area contributed by atoms with Crippen LogP contribution in [-0.4, -0.2) is 14.8 Å². The second-order valence-corrected chi connectivity index (χ2v) is 3.87. The second-order valence-electron chi connectivity index (χ2n) is 3.87. The van der Waals surface area contributed by atoms with Crippen molar-refractivity contribution in [1.29, 1.82) is 0 Å². The van der Waals surface area contributed by atoms with Crippen LogP contribution in [0.2, 0.25) is 0 Å². The van der Waals surface area contributed by atoms with E-state index in [1.807, 2.05) is 11.5 Å². The summed E-state index contributed by atoms with van der Waals surface area (Å²) < 4.78 is 28.5. The zero-order valence-electron chi connectivity index (χ0n) is 10.0. The van der Waals surface area contributed by atoms with E-state index < -0.39 is 11.6 Å². The van der Waals surface area contributed by atoms with Gasteiger partial charge in [0.25, 0.3) is 0 Å². The van der Waals surface area contributed by atoms with Gasteiger partial charge in [-0.2, -0.15) is 0 Å². The summed E-state index contributed by atoms with van der Waals surface area (Å²) in [5.74, 6) is -0.460. The summed E-state index contributed by atoms with van der Waals surface area (Å²) in [4.78, 5) is 0. The minimum absolute atomic E-state index is 0.199. The van der Waals surface area contributed by atoms with Crippen LogP contribution in [0.4, 0.5) is 8.78 Å². The largest absolute Gasteiger partial charge is 0.324 e. The topological polar surface area (TPSA) is 56.7 Å². The van der Waals surface area contributed by atoms with Crippen LogP contribution in [0.5, 0.6) is 0 Å². The highest BCUT2D eigenvalue weighted by Crippen LogP contribution is 2.15. The van der Waals surface area contributed by atoms with Gasteiger partial charge in [0, 0.05) is 13.0 Å². The van der Waals surface area contributed by atoms with Crippen LogP contribution in [0.1, 0.15) is 24.1 Å². The molecule has 0 aliphatic heterocycles. The third-order valence-electron chi connectivity index (χ3n) is 2.78. The molecule has 0 saturated carbocycles. The molecule has 1 aromatic heterocycles. The molecule has 0 spiro atoms. The van der Waals surface area contributed by atoms with Crippen molar-refractivity contribution in [2.75, 3.05) is 0 Å². The van der Waals surface area contributed by atoms with Crippen LogP contribution in [0.25, 0.3) is 0 Å². The van der Waals surface area contributed by atoms with E-state index in [4.69, 9.17) is 5.73 Å². The van der Waals surface area contributed by atoms with Crippen molar-refractivity contribution < 1.29 is 8.78 Å². The van der Waals surface area contributed by atoms with Gasteiger partial charge in [-0.05, 0) is 18.6 Å². The van der Waals surface area contributed by atoms with E-state index in [0.29, 0.717) is 18.2 Å². The summed E-state index contributed by atoms with van der Waals surface area (Å²) in [7, 11) is 0. The molecule has 0 atom stereocenters.